The zero-order valence-corrected chi connectivity index (χ0v) is 18.8. The van der Waals surface area contributed by atoms with Crippen LogP contribution in [0.3, 0.4) is 0 Å². The molecular formula is C26H27NO4S. The van der Waals surface area contributed by atoms with Gasteiger partial charge in [0.15, 0.2) is 11.5 Å². The lowest BCUT2D eigenvalue weighted by Gasteiger charge is -2.20. The highest BCUT2D eigenvalue weighted by Crippen LogP contribution is 2.33. The Kier molecular flexibility index (Phi) is 7.69. The fraction of sp³-hybridized carbons (Fsp3) is 0.269. The zero-order chi connectivity index (χ0) is 22.2. The van der Waals surface area contributed by atoms with E-state index in [4.69, 9.17) is 14.2 Å². The summed E-state index contributed by atoms with van der Waals surface area (Å²) in [5.41, 5.74) is 2.94. The van der Waals surface area contributed by atoms with Crippen LogP contribution in [0, 0.1) is 0 Å². The first-order valence-corrected chi connectivity index (χ1v) is 11.8. The van der Waals surface area contributed by atoms with Crippen molar-refractivity contribution in [3.05, 3.63) is 90.0 Å². The van der Waals surface area contributed by atoms with E-state index >= 15 is 0 Å². The summed E-state index contributed by atoms with van der Waals surface area (Å²) in [6.45, 7) is 3.51. The Morgan fingerprint density at radius 3 is 2.22 bits per heavy atom. The number of ether oxygens (including phenoxy) is 3. The number of carbonyl (C=O) groups excluding carboxylic acids is 1. The molecule has 1 N–H and O–H groups in total. The molecule has 0 aliphatic carbocycles. The van der Waals surface area contributed by atoms with Crippen LogP contribution in [0.15, 0.2) is 78.9 Å². The zero-order valence-electron chi connectivity index (χ0n) is 18.0. The van der Waals surface area contributed by atoms with Gasteiger partial charge in [-0.2, -0.15) is 0 Å². The molecule has 3 aromatic carbocycles. The Bertz CT molecular complexity index is 973. The summed E-state index contributed by atoms with van der Waals surface area (Å²) in [6, 6.07) is 25.9. The number of carbonyl (C=O) groups is 1. The van der Waals surface area contributed by atoms with Crippen LogP contribution in [-0.4, -0.2) is 36.7 Å². The molecule has 0 radical (unpaired) electrons. The van der Waals surface area contributed by atoms with Crippen molar-refractivity contribution in [3.8, 4) is 11.5 Å². The molecule has 0 spiro atoms. The number of thioether (sulfide) groups is 1. The maximum absolute atomic E-state index is 12.6. The van der Waals surface area contributed by atoms with E-state index in [1.807, 2.05) is 55.5 Å². The van der Waals surface area contributed by atoms with Crippen LogP contribution in [0.1, 0.15) is 24.2 Å². The van der Waals surface area contributed by atoms with Crippen molar-refractivity contribution in [1.29, 1.82) is 0 Å². The van der Waals surface area contributed by atoms with Gasteiger partial charge in [-0.15, -0.1) is 11.8 Å². The van der Waals surface area contributed by atoms with Crippen molar-refractivity contribution in [3.63, 3.8) is 0 Å². The Hall–Kier alpha value is -2.96. The lowest BCUT2D eigenvalue weighted by molar-refractivity contribution is -0.115. The average Bonchev–Trinajstić information content (AvgIpc) is 2.85. The molecule has 4 rings (SSSR count). The number of anilines is 1. The minimum absolute atomic E-state index is 0.0469. The molecule has 1 atom stereocenters. The first kappa shape index (κ1) is 22.2. The lowest BCUT2D eigenvalue weighted by atomic mass is 10.0. The first-order chi connectivity index (χ1) is 15.7. The number of hydrogen-bond acceptors (Lipinski definition) is 5. The SMILES string of the molecule is CC(SCCOC(c1ccccc1)c1ccccc1)C(=O)Nc1ccc2c(c1)OCCO2. The van der Waals surface area contributed by atoms with Crippen molar-refractivity contribution >= 4 is 23.4 Å². The van der Waals surface area contributed by atoms with E-state index in [1.54, 1.807) is 17.8 Å². The Morgan fingerprint density at radius 2 is 1.56 bits per heavy atom. The van der Waals surface area contributed by atoms with Crippen LogP contribution in [0.4, 0.5) is 5.69 Å². The summed E-state index contributed by atoms with van der Waals surface area (Å²) in [7, 11) is 0. The third-order valence-electron chi connectivity index (χ3n) is 5.12. The molecule has 3 aromatic rings. The Balaban J connectivity index is 1.28. The van der Waals surface area contributed by atoms with Gasteiger partial charge in [-0.1, -0.05) is 60.7 Å². The lowest BCUT2D eigenvalue weighted by Crippen LogP contribution is -2.23. The van der Waals surface area contributed by atoms with Crippen LogP contribution in [-0.2, 0) is 9.53 Å². The Morgan fingerprint density at radius 1 is 0.938 bits per heavy atom. The van der Waals surface area contributed by atoms with Gasteiger partial charge in [-0.3, -0.25) is 4.79 Å². The number of rotatable bonds is 9. The van der Waals surface area contributed by atoms with Gasteiger partial charge in [0.25, 0.3) is 0 Å². The first-order valence-electron chi connectivity index (χ1n) is 10.7. The molecule has 0 aromatic heterocycles. The molecule has 0 fully saturated rings. The Labute approximate surface area is 193 Å². The van der Waals surface area contributed by atoms with Gasteiger partial charge in [0.1, 0.15) is 19.3 Å². The van der Waals surface area contributed by atoms with E-state index in [-0.39, 0.29) is 17.3 Å². The van der Waals surface area contributed by atoms with Crippen LogP contribution in [0.25, 0.3) is 0 Å². The topological polar surface area (TPSA) is 56.8 Å². The predicted molar refractivity (Wildman–Crippen MR) is 129 cm³/mol. The summed E-state index contributed by atoms with van der Waals surface area (Å²) >= 11 is 1.57. The molecular weight excluding hydrogens is 422 g/mol. The van der Waals surface area contributed by atoms with Crippen molar-refractivity contribution in [2.45, 2.75) is 18.3 Å². The number of nitrogens with one attached hydrogen (secondary N) is 1. The maximum Gasteiger partial charge on any atom is 0.237 e. The highest BCUT2D eigenvalue weighted by molar-refractivity contribution is 8.00. The number of hydrogen-bond donors (Lipinski definition) is 1. The number of fused-ring (bicyclic) bond motifs is 1. The number of benzene rings is 3. The fourth-order valence-corrected chi connectivity index (χ4v) is 4.23. The minimum atomic E-state index is -0.210. The van der Waals surface area contributed by atoms with Crippen LogP contribution >= 0.6 is 11.8 Å². The quantitative estimate of drug-likeness (QED) is 0.448. The highest BCUT2D eigenvalue weighted by atomic mass is 32.2. The van der Waals surface area contributed by atoms with Crippen molar-refractivity contribution in [2.75, 3.05) is 30.9 Å². The summed E-state index contributed by atoms with van der Waals surface area (Å²) in [5.74, 6) is 2.04. The molecule has 32 heavy (non-hydrogen) atoms. The smallest absolute Gasteiger partial charge is 0.237 e. The van der Waals surface area contributed by atoms with Crippen LogP contribution < -0.4 is 14.8 Å². The van der Waals surface area contributed by atoms with E-state index in [2.05, 4.69) is 29.6 Å². The summed E-state index contributed by atoms with van der Waals surface area (Å²) < 4.78 is 17.3. The van der Waals surface area contributed by atoms with Gasteiger partial charge in [0, 0.05) is 17.5 Å². The van der Waals surface area contributed by atoms with Crippen molar-refractivity contribution in [1.82, 2.24) is 0 Å². The van der Waals surface area contributed by atoms with Gasteiger partial charge < -0.3 is 19.5 Å². The monoisotopic (exact) mass is 449 g/mol. The number of amides is 1. The van der Waals surface area contributed by atoms with E-state index < -0.39 is 0 Å². The molecule has 1 unspecified atom stereocenters. The molecule has 1 aliphatic rings. The highest BCUT2D eigenvalue weighted by Gasteiger charge is 2.18. The minimum Gasteiger partial charge on any atom is -0.486 e. The molecule has 1 aliphatic heterocycles. The molecule has 5 nitrogen and oxygen atoms in total. The van der Waals surface area contributed by atoms with E-state index in [9.17, 15) is 4.79 Å². The average molecular weight is 450 g/mol. The molecule has 0 saturated heterocycles. The molecule has 1 heterocycles. The van der Waals surface area contributed by atoms with Crippen LogP contribution in [0.2, 0.25) is 0 Å². The molecule has 166 valence electrons. The van der Waals surface area contributed by atoms with Gasteiger partial charge in [-0.25, -0.2) is 0 Å². The standard InChI is InChI=1S/C26H27NO4S/c1-19(26(28)27-22-12-13-23-24(18-22)30-15-14-29-23)32-17-16-31-25(20-8-4-2-5-9-20)21-10-6-3-7-11-21/h2-13,18-19,25H,14-17H2,1H3,(H,27,28). The molecule has 0 bridgehead atoms. The predicted octanol–water partition coefficient (Wildman–Crippen LogP) is 5.32. The van der Waals surface area contributed by atoms with Crippen LogP contribution in [0.5, 0.6) is 11.5 Å². The van der Waals surface area contributed by atoms with E-state index in [1.165, 1.54) is 0 Å². The maximum atomic E-state index is 12.6. The molecule has 1 amide bonds. The largest absolute Gasteiger partial charge is 0.486 e. The second-order valence-corrected chi connectivity index (χ2v) is 8.88. The summed E-state index contributed by atoms with van der Waals surface area (Å²) in [4.78, 5) is 12.6. The second-order valence-electron chi connectivity index (χ2n) is 7.43. The normalized spacial score (nSPS) is 13.6. The second kappa shape index (κ2) is 11.1. The van der Waals surface area contributed by atoms with E-state index in [0.717, 1.165) is 11.1 Å². The third-order valence-corrected chi connectivity index (χ3v) is 6.24. The van der Waals surface area contributed by atoms with Crippen molar-refractivity contribution < 1.29 is 19.0 Å². The third kappa shape index (κ3) is 5.84. The molecule has 6 heteroatoms. The van der Waals surface area contributed by atoms with Gasteiger partial charge >= 0.3 is 0 Å². The summed E-state index contributed by atoms with van der Waals surface area (Å²) in [6.07, 6.45) is -0.125. The fourth-order valence-electron chi connectivity index (χ4n) is 3.47. The van der Waals surface area contributed by atoms with Gasteiger partial charge in [0.2, 0.25) is 5.91 Å². The molecule has 0 saturated carbocycles. The van der Waals surface area contributed by atoms with Gasteiger partial charge in [0.05, 0.1) is 11.9 Å². The van der Waals surface area contributed by atoms with Gasteiger partial charge in [-0.05, 0) is 30.2 Å². The van der Waals surface area contributed by atoms with E-state index in [0.29, 0.717) is 42.8 Å². The summed E-state index contributed by atoms with van der Waals surface area (Å²) in [5, 5.41) is 2.75. The van der Waals surface area contributed by atoms with Crippen molar-refractivity contribution in [2.24, 2.45) is 0 Å².